The number of hydrogen-bond acceptors (Lipinski definition) is 7. The van der Waals surface area contributed by atoms with Crippen LogP contribution in [-0.2, 0) is 19.1 Å². The van der Waals surface area contributed by atoms with E-state index in [1.165, 1.54) is 0 Å². The average molecular weight is 422 g/mol. The summed E-state index contributed by atoms with van der Waals surface area (Å²) in [5, 5.41) is 8.32. The third-order valence-corrected chi connectivity index (χ3v) is 4.97. The quantitative estimate of drug-likeness (QED) is 0.484. The van der Waals surface area contributed by atoms with Crippen molar-refractivity contribution in [3.63, 3.8) is 0 Å². The van der Waals surface area contributed by atoms with Gasteiger partial charge in [-0.3, -0.25) is 9.59 Å². The lowest BCUT2D eigenvalue weighted by Crippen LogP contribution is -2.12. The summed E-state index contributed by atoms with van der Waals surface area (Å²) < 4.78 is 16.1. The average Bonchev–Trinajstić information content (AvgIpc) is 3.29. The lowest BCUT2D eigenvalue weighted by molar-refractivity contribution is -0.145. The maximum atomic E-state index is 12.0. The molecule has 0 radical (unpaired) electrons. The van der Waals surface area contributed by atoms with Crippen LogP contribution < -0.4 is 0 Å². The number of aromatic nitrogens is 2. The second-order valence-electron chi connectivity index (χ2n) is 7.11. The van der Waals surface area contributed by atoms with Gasteiger partial charge in [-0.25, -0.2) is 0 Å². The van der Waals surface area contributed by atoms with Crippen molar-refractivity contribution in [1.29, 1.82) is 0 Å². The summed E-state index contributed by atoms with van der Waals surface area (Å²) in [5.74, 6) is -0.669. The molecule has 0 fully saturated rings. The van der Waals surface area contributed by atoms with Crippen LogP contribution in [0.25, 0.3) is 22.9 Å². The molecule has 0 aliphatic rings. The maximum absolute atomic E-state index is 12.0. The summed E-state index contributed by atoms with van der Waals surface area (Å²) in [4.78, 5) is 24.1. The summed E-state index contributed by atoms with van der Waals surface area (Å²) in [6.45, 7) is 7.83. The molecule has 0 saturated carbocycles. The first-order chi connectivity index (χ1) is 14.9. The Bertz CT molecular complexity index is 977. The van der Waals surface area contributed by atoms with Gasteiger partial charge in [-0.2, -0.15) is 0 Å². The van der Waals surface area contributed by atoms with Gasteiger partial charge in [0, 0.05) is 11.1 Å². The Kier molecular flexibility index (Phi) is 7.18. The standard InChI is InChI=1S/C24H26N2O5/c1-5-29-23(27)15(3)17-9-7-11-19(13-17)21-25-26-22(31-21)20-12-8-10-18(14-20)16(4)24(28)30-6-2/h7-16H,5-6H2,1-4H3. The number of carbonyl (C=O) groups excluding carboxylic acids is 2. The summed E-state index contributed by atoms with van der Waals surface area (Å²) in [7, 11) is 0. The molecule has 2 atom stereocenters. The molecule has 3 aromatic rings. The predicted molar refractivity (Wildman–Crippen MR) is 115 cm³/mol. The summed E-state index contributed by atoms with van der Waals surface area (Å²) in [6.07, 6.45) is 0. The molecule has 1 heterocycles. The number of nitrogens with zero attached hydrogens (tertiary/aromatic N) is 2. The Hall–Kier alpha value is -3.48. The molecule has 0 amide bonds. The minimum Gasteiger partial charge on any atom is -0.466 e. The molecule has 162 valence electrons. The van der Waals surface area contributed by atoms with Crippen LogP contribution in [0.1, 0.15) is 50.7 Å². The van der Waals surface area contributed by atoms with Gasteiger partial charge in [0.2, 0.25) is 11.8 Å². The van der Waals surface area contributed by atoms with E-state index in [0.717, 1.165) is 11.1 Å². The van der Waals surface area contributed by atoms with Gasteiger partial charge in [0.25, 0.3) is 0 Å². The number of hydrogen-bond donors (Lipinski definition) is 0. The first-order valence-corrected chi connectivity index (χ1v) is 10.3. The van der Waals surface area contributed by atoms with Crippen LogP contribution in [0, 0.1) is 0 Å². The minimum atomic E-state index is -0.400. The van der Waals surface area contributed by atoms with Gasteiger partial charge in [0.05, 0.1) is 25.0 Å². The zero-order chi connectivity index (χ0) is 22.4. The lowest BCUT2D eigenvalue weighted by Gasteiger charge is -2.11. The van der Waals surface area contributed by atoms with Crippen molar-refractivity contribution in [3.05, 3.63) is 59.7 Å². The third-order valence-electron chi connectivity index (χ3n) is 4.97. The Morgan fingerprint density at radius 2 is 1.23 bits per heavy atom. The van der Waals surface area contributed by atoms with Crippen LogP contribution in [0.15, 0.2) is 52.9 Å². The van der Waals surface area contributed by atoms with E-state index < -0.39 is 11.8 Å². The Balaban J connectivity index is 1.84. The SMILES string of the molecule is CCOC(=O)C(C)c1cccc(-c2nnc(-c3cccc(C(C)C(=O)OCC)c3)o2)c1. The number of esters is 2. The second kappa shape index (κ2) is 10.0. The summed E-state index contributed by atoms with van der Waals surface area (Å²) in [5.41, 5.74) is 3.04. The van der Waals surface area contributed by atoms with Gasteiger partial charge in [-0.15, -0.1) is 10.2 Å². The van der Waals surface area contributed by atoms with E-state index in [2.05, 4.69) is 10.2 Å². The van der Waals surface area contributed by atoms with Crippen molar-refractivity contribution >= 4 is 11.9 Å². The monoisotopic (exact) mass is 422 g/mol. The Morgan fingerprint density at radius 3 is 1.61 bits per heavy atom. The zero-order valence-corrected chi connectivity index (χ0v) is 18.1. The van der Waals surface area contributed by atoms with E-state index in [1.54, 1.807) is 27.7 Å². The molecule has 0 bridgehead atoms. The fourth-order valence-corrected chi connectivity index (χ4v) is 3.15. The fourth-order valence-electron chi connectivity index (χ4n) is 3.15. The molecule has 3 rings (SSSR count). The molecule has 2 aromatic carbocycles. The molecule has 31 heavy (non-hydrogen) atoms. The van der Waals surface area contributed by atoms with Gasteiger partial charge in [0.15, 0.2) is 0 Å². The van der Waals surface area contributed by atoms with Crippen LogP contribution >= 0.6 is 0 Å². The predicted octanol–water partition coefficient (Wildman–Crippen LogP) is 4.74. The summed E-state index contributed by atoms with van der Waals surface area (Å²) >= 11 is 0. The zero-order valence-electron chi connectivity index (χ0n) is 18.1. The van der Waals surface area contributed by atoms with Gasteiger partial charge >= 0.3 is 11.9 Å². The molecule has 7 heteroatoms. The Labute approximate surface area is 181 Å². The van der Waals surface area contributed by atoms with Crippen molar-refractivity contribution in [1.82, 2.24) is 10.2 Å². The highest BCUT2D eigenvalue weighted by Crippen LogP contribution is 2.28. The van der Waals surface area contributed by atoms with Crippen molar-refractivity contribution in [2.75, 3.05) is 13.2 Å². The highest BCUT2D eigenvalue weighted by molar-refractivity contribution is 5.79. The van der Waals surface area contributed by atoms with Gasteiger partial charge in [0.1, 0.15) is 0 Å². The van der Waals surface area contributed by atoms with Crippen molar-refractivity contribution in [2.45, 2.75) is 39.5 Å². The molecule has 0 aliphatic heterocycles. The minimum absolute atomic E-state index is 0.279. The maximum Gasteiger partial charge on any atom is 0.313 e. The van der Waals surface area contributed by atoms with Gasteiger partial charge in [-0.1, -0.05) is 24.3 Å². The number of rotatable bonds is 8. The Morgan fingerprint density at radius 1 is 0.806 bits per heavy atom. The van der Waals surface area contributed by atoms with Crippen molar-refractivity contribution in [3.8, 4) is 22.9 Å². The highest BCUT2D eigenvalue weighted by atomic mass is 16.5. The number of benzene rings is 2. The number of carbonyl (C=O) groups is 2. The van der Waals surface area contributed by atoms with Crippen LogP contribution in [0.4, 0.5) is 0 Å². The molecule has 7 nitrogen and oxygen atoms in total. The topological polar surface area (TPSA) is 91.5 Å². The molecule has 0 saturated heterocycles. The van der Waals surface area contributed by atoms with E-state index >= 15 is 0 Å². The number of ether oxygens (including phenoxy) is 2. The van der Waals surface area contributed by atoms with Crippen LogP contribution in [0.3, 0.4) is 0 Å². The first-order valence-electron chi connectivity index (χ1n) is 10.3. The molecular formula is C24H26N2O5. The van der Waals surface area contributed by atoms with Crippen molar-refractivity contribution < 1.29 is 23.5 Å². The van der Waals surface area contributed by atoms with Crippen LogP contribution in [0.5, 0.6) is 0 Å². The normalized spacial score (nSPS) is 12.8. The second-order valence-corrected chi connectivity index (χ2v) is 7.11. The van der Waals surface area contributed by atoms with E-state index in [1.807, 2.05) is 48.5 Å². The van der Waals surface area contributed by atoms with E-state index in [4.69, 9.17) is 13.9 Å². The third kappa shape index (κ3) is 5.17. The van der Waals surface area contributed by atoms with E-state index in [-0.39, 0.29) is 11.9 Å². The smallest absolute Gasteiger partial charge is 0.313 e. The molecule has 0 aliphatic carbocycles. The molecule has 2 unspecified atom stereocenters. The molecule has 0 spiro atoms. The van der Waals surface area contributed by atoms with E-state index in [9.17, 15) is 9.59 Å². The fraction of sp³-hybridized carbons (Fsp3) is 0.333. The molecule has 0 N–H and O–H groups in total. The van der Waals surface area contributed by atoms with Crippen LogP contribution in [0.2, 0.25) is 0 Å². The van der Waals surface area contributed by atoms with Gasteiger partial charge < -0.3 is 13.9 Å². The largest absolute Gasteiger partial charge is 0.466 e. The summed E-state index contributed by atoms with van der Waals surface area (Å²) in [6, 6.07) is 14.8. The first kappa shape index (κ1) is 22.2. The van der Waals surface area contributed by atoms with E-state index in [0.29, 0.717) is 36.1 Å². The molecule has 1 aromatic heterocycles. The molecular weight excluding hydrogens is 396 g/mol. The highest BCUT2D eigenvalue weighted by Gasteiger charge is 2.20. The van der Waals surface area contributed by atoms with Crippen molar-refractivity contribution in [2.24, 2.45) is 0 Å². The van der Waals surface area contributed by atoms with Gasteiger partial charge in [-0.05, 0) is 63.1 Å². The van der Waals surface area contributed by atoms with Crippen LogP contribution in [-0.4, -0.2) is 35.3 Å². The lowest BCUT2D eigenvalue weighted by atomic mass is 9.99.